The van der Waals surface area contributed by atoms with Crippen molar-refractivity contribution in [3.05, 3.63) is 29.3 Å². The van der Waals surface area contributed by atoms with E-state index in [0.29, 0.717) is 13.2 Å². The molecule has 0 saturated heterocycles. The van der Waals surface area contributed by atoms with Gasteiger partial charge in [0.1, 0.15) is 11.6 Å². The Morgan fingerprint density at radius 1 is 1.33 bits per heavy atom. The van der Waals surface area contributed by atoms with Gasteiger partial charge in [-0.05, 0) is 48.9 Å². The lowest BCUT2D eigenvalue weighted by Gasteiger charge is -2.08. The van der Waals surface area contributed by atoms with Crippen LogP contribution in [0.3, 0.4) is 0 Å². The number of aryl methyl sites for hydroxylation is 2. The molecule has 18 heavy (non-hydrogen) atoms. The molecule has 0 bridgehead atoms. The van der Waals surface area contributed by atoms with Crippen LogP contribution in [0.15, 0.2) is 18.2 Å². The third kappa shape index (κ3) is 3.64. The number of nitrogens with one attached hydrogen (secondary N) is 1. The van der Waals surface area contributed by atoms with Crippen LogP contribution < -0.4 is 10.1 Å². The maximum atomic E-state index is 10.9. The Morgan fingerprint density at radius 2 is 2.17 bits per heavy atom. The van der Waals surface area contributed by atoms with Crippen LogP contribution in [0.1, 0.15) is 24.0 Å². The van der Waals surface area contributed by atoms with Gasteiger partial charge in [-0.1, -0.05) is 6.07 Å². The maximum Gasteiger partial charge on any atom is 0.234 e. The van der Waals surface area contributed by atoms with Crippen molar-refractivity contribution in [2.45, 2.75) is 25.7 Å². The molecule has 1 amide bonds. The summed E-state index contributed by atoms with van der Waals surface area (Å²) in [5, 5.41) is 2.71. The number of benzene rings is 1. The Hall–Kier alpha value is -1.22. The average molecular weight is 268 g/mol. The second-order valence-corrected chi connectivity index (χ2v) is 4.74. The Kier molecular flexibility index (Phi) is 4.88. The lowest BCUT2D eigenvalue weighted by atomic mass is 10.1. The highest BCUT2D eigenvalue weighted by atomic mass is 35.5. The van der Waals surface area contributed by atoms with Gasteiger partial charge in [0.2, 0.25) is 5.91 Å². The molecule has 98 valence electrons. The SMILES string of the molecule is O=C(CCl)NCCCOc1ccc2c(c1)CCC2. The molecule has 0 spiro atoms. The molecule has 1 aliphatic rings. The molecule has 2 rings (SSSR count). The molecule has 0 atom stereocenters. The first kappa shape index (κ1) is 13.2. The van der Waals surface area contributed by atoms with Crippen molar-refractivity contribution in [2.24, 2.45) is 0 Å². The predicted octanol–water partition coefficient (Wildman–Crippen LogP) is 2.30. The Bertz CT molecular complexity index is 420. The van der Waals surface area contributed by atoms with Crippen molar-refractivity contribution in [1.82, 2.24) is 5.32 Å². The average Bonchev–Trinajstić information content (AvgIpc) is 2.85. The number of fused-ring (bicyclic) bond motifs is 1. The van der Waals surface area contributed by atoms with E-state index in [1.54, 1.807) is 0 Å². The Morgan fingerprint density at radius 3 is 3.00 bits per heavy atom. The molecule has 0 saturated carbocycles. The molecule has 0 heterocycles. The van der Waals surface area contributed by atoms with Crippen LogP contribution in [0.2, 0.25) is 0 Å². The molecule has 1 N–H and O–H groups in total. The molecule has 0 radical (unpaired) electrons. The van der Waals surface area contributed by atoms with Gasteiger partial charge in [0.25, 0.3) is 0 Å². The highest BCUT2D eigenvalue weighted by Gasteiger charge is 2.10. The smallest absolute Gasteiger partial charge is 0.234 e. The third-order valence-corrected chi connectivity index (χ3v) is 3.35. The van der Waals surface area contributed by atoms with Crippen LogP contribution in [-0.4, -0.2) is 24.9 Å². The fraction of sp³-hybridized carbons (Fsp3) is 0.500. The van der Waals surface area contributed by atoms with Gasteiger partial charge >= 0.3 is 0 Å². The van der Waals surface area contributed by atoms with Crippen LogP contribution >= 0.6 is 11.6 Å². The van der Waals surface area contributed by atoms with E-state index in [1.807, 2.05) is 6.07 Å². The molecule has 4 heteroatoms. The lowest BCUT2D eigenvalue weighted by molar-refractivity contribution is -0.118. The number of hydrogen-bond donors (Lipinski definition) is 1. The van der Waals surface area contributed by atoms with Crippen molar-refractivity contribution < 1.29 is 9.53 Å². The zero-order chi connectivity index (χ0) is 12.8. The fourth-order valence-corrected chi connectivity index (χ4v) is 2.27. The molecular weight excluding hydrogens is 250 g/mol. The van der Waals surface area contributed by atoms with Crippen molar-refractivity contribution in [1.29, 1.82) is 0 Å². The largest absolute Gasteiger partial charge is 0.494 e. The van der Waals surface area contributed by atoms with E-state index >= 15 is 0 Å². The quantitative estimate of drug-likeness (QED) is 0.634. The van der Waals surface area contributed by atoms with Gasteiger partial charge in [0.05, 0.1) is 6.61 Å². The van der Waals surface area contributed by atoms with E-state index in [0.717, 1.165) is 18.6 Å². The molecule has 3 nitrogen and oxygen atoms in total. The van der Waals surface area contributed by atoms with E-state index in [1.165, 1.54) is 24.0 Å². The fourth-order valence-electron chi connectivity index (χ4n) is 2.18. The van der Waals surface area contributed by atoms with Crippen molar-refractivity contribution in [2.75, 3.05) is 19.0 Å². The standard InChI is InChI=1S/C14H18ClNO2/c15-10-14(17)16-7-2-8-18-13-6-5-11-3-1-4-12(11)9-13/h5-6,9H,1-4,7-8,10H2,(H,16,17). The van der Waals surface area contributed by atoms with Crippen LogP contribution in [0.4, 0.5) is 0 Å². The van der Waals surface area contributed by atoms with Crippen LogP contribution in [0.25, 0.3) is 0 Å². The number of halogens is 1. The van der Waals surface area contributed by atoms with Crippen LogP contribution in [-0.2, 0) is 17.6 Å². The lowest BCUT2D eigenvalue weighted by Crippen LogP contribution is -2.26. The Balaban J connectivity index is 1.69. The van der Waals surface area contributed by atoms with Crippen molar-refractivity contribution >= 4 is 17.5 Å². The predicted molar refractivity (Wildman–Crippen MR) is 72.3 cm³/mol. The Labute approximate surface area is 112 Å². The second-order valence-electron chi connectivity index (χ2n) is 4.47. The molecular formula is C14H18ClNO2. The monoisotopic (exact) mass is 267 g/mol. The highest BCUT2D eigenvalue weighted by Crippen LogP contribution is 2.25. The number of hydrogen-bond acceptors (Lipinski definition) is 2. The molecule has 0 fully saturated rings. The van der Waals surface area contributed by atoms with Crippen LogP contribution in [0, 0.1) is 0 Å². The molecule has 1 aromatic carbocycles. The highest BCUT2D eigenvalue weighted by molar-refractivity contribution is 6.27. The zero-order valence-electron chi connectivity index (χ0n) is 10.4. The number of carbonyl (C=O) groups is 1. The zero-order valence-corrected chi connectivity index (χ0v) is 11.1. The van der Waals surface area contributed by atoms with Gasteiger partial charge in [-0.25, -0.2) is 0 Å². The van der Waals surface area contributed by atoms with E-state index in [9.17, 15) is 4.79 Å². The summed E-state index contributed by atoms with van der Waals surface area (Å²) in [5.41, 5.74) is 2.87. The first-order valence-electron chi connectivity index (χ1n) is 6.37. The summed E-state index contributed by atoms with van der Waals surface area (Å²) in [7, 11) is 0. The maximum absolute atomic E-state index is 10.9. The van der Waals surface area contributed by atoms with Crippen LogP contribution in [0.5, 0.6) is 5.75 Å². The number of alkyl halides is 1. The van der Waals surface area contributed by atoms with Gasteiger partial charge < -0.3 is 10.1 Å². The number of carbonyl (C=O) groups excluding carboxylic acids is 1. The first-order valence-corrected chi connectivity index (χ1v) is 6.90. The van der Waals surface area contributed by atoms with Gasteiger partial charge in [0.15, 0.2) is 0 Å². The molecule has 1 aromatic rings. The molecule has 0 aliphatic heterocycles. The van der Waals surface area contributed by atoms with E-state index in [-0.39, 0.29) is 11.8 Å². The first-order chi connectivity index (χ1) is 8.79. The summed E-state index contributed by atoms with van der Waals surface area (Å²) in [5.74, 6) is 0.819. The molecule has 0 aromatic heterocycles. The van der Waals surface area contributed by atoms with Gasteiger partial charge in [0, 0.05) is 6.54 Å². The van der Waals surface area contributed by atoms with Crippen molar-refractivity contribution in [3.8, 4) is 5.75 Å². The number of ether oxygens (including phenoxy) is 1. The van der Waals surface area contributed by atoms with Gasteiger partial charge in [-0.3, -0.25) is 4.79 Å². The van der Waals surface area contributed by atoms with Crippen molar-refractivity contribution in [3.63, 3.8) is 0 Å². The summed E-state index contributed by atoms with van der Waals surface area (Å²) < 4.78 is 5.66. The number of amides is 1. The van der Waals surface area contributed by atoms with E-state index in [2.05, 4.69) is 17.4 Å². The molecule has 1 aliphatic carbocycles. The normalized spacial score (nSPS) is 13.2. The molecule has 0 unspecified atom stereocenters. The second kappa shape index (κ2) is 6.64. The third-order valence-electron chi connectivity index (χ3n) is 3.10. The minimum Gasteiger partial charge on any atom is -0.494 e. The summed E-state index contributed by atoms with van der Waals surface area (Å²) in [6.07, 6.45) is 4.40. The van der Waals surface area contributed by atoms with Gasteiger partial charge in [-0.15, -0.1) is 11.6 Å². The number of rotatable bonds is 6. The summed E-state index contributed by atoms with van der Waals surface area (Å²) in [4.78, 5) is 10.9. The van der Waals surface area contributed by atoms with E-state index < -0.39 is 0 Å². The van der Waals surface area contributed by atoms with E-state index in [4.69, 9.17) is 16.3 Å². The minimum atomic E-state index is -0.130. The summed E-state index contributed by atoms with van der Waals surface area (Å²) in [6.45, 7) is 1.22. The minimum absolute atomic E-state index is 0.0195. The van der Waals surface area contributed by atoms with Gasteiger partial charge in [-0.2, -0.15) is 0 Å². The summed E-state index contributed by atoms with van der Waals surface area (Å²) in [6, 6.07) is 6.33. The topological polar surface area (TPSA) is 38.3 Å². The summed E-state index contributed by atoms with van der Waals surface area (Å²) >= 11 is 5.37.